The van der Waals surface area contributed by atoms with Gasteiger partial charge in [0, 0.05) is 25.5 Å². The molecule has 0 spiro atoms. The first-order valence-electron chi connectivity index (χ1n) is 4.92. The van der Waals surface area contributed by atoms with Crippen molar-refractivity contribution in [3.8, 4) is 0 Å². The van der Waals surface area contributed by atoms with Crippen LogP contribution in [0.5, 0.6) is 0 Å². The Morgan fingerprint density at radius 2 is 2.43 bits per heavy atom. The SMILES string of the molecule is CC1CNCNC1c1ccncc1N. The summed E-state index contributed by atoms with van der Waals surface area (Å²) in [6.07, 6.45) is 3.51. The number of anilines is 1. The molecule has 0 aliphatic carbocycles. The van der Waals surface area contributed by atoms with E-state index < -0.39 is 0 Å². The van der Waals surface area contributed by atoms with Crippen LogP contribution < -0.4 is 16.4 Å². The summed E-state index contributed by atoms with van der Waals surface area (Å²) in [5, 5.41) is 6.69. The minimum atomic E-state index is 0.347. The summed E-state index contributed by atoms with van der Waals surface area (Å²) in [6, 6.07) is 2.34. The molecule has 76 valence electrons. The van der Waals surface area contributed by atoms with Crippen molar-refractivity contribution in [3.05, 3.63) is 24.0 Å². The lowest BCUT2D eigenvalue weighted by Crippen LogP contribution is -2.45. The highest BCUT2D eigenvalue weighted by molar-refractivity contribution is 5.46. The molecule has 0 bridgehead atoms. The van der Waals surface area contributed by atoms with Crippen molar-refractivity contribution in [3.63, 3.8) is 0 Å². The maximum absolute atomic E-state index is 5.89. The number of hydrogen-bond donors (Lipinski definition) is 3. The summed E-state index contributed by atoms with van der Waals surface area (Å²) in [4.78, 5) is 4.00. The van der Waals surface area contributed by atoms with Gasteiger partial charge in [0.2, 0.25) is 0 Å². The molecule has 2 heterocycles. The standard InChI is InChI=1S/C10H16N4/c1-7-4-13-6-14-10(7)8-2-3-12-5-9(8)11/h2-3,5,7,10,13-14H,4,6,11H2,1H3. The quantitative estimate of drug-likeness (QED) is 0.606. The smallest absolute Gasteiger partial charge is 0.0549 e. The van der Waals surface area contributed by atoms with Crippen LogP contribution >= 0.6 is 0 Å². The molecule has 2 atom stereocenters. The van der Waals surface area contributed by atoms with E-state index in [0.717, 1.165) is 24.5 Å². The first kappa shape index (κ1) is 9.43. The van der Waals surface area contributed by atoms with Crippen LogP contribution in [-0.4, -0.2) is 18.2 Å². The van der Waals surface area contributed by atoms with Gasteiger partial charge < -0.3 is 11.1 Å². The van der Waals surface area contributed by atoms with Crippen LogP contribution in [0.1, 0.15) is 18.5 Å². The van der Waals surface area contributed by atoms with E-state index in [1.807, 2.05) is 6.07 Å². The predicted octanol–water partition coefficient (Wildman–Crippen LogP) is 0.491. The van der Waals surface area contributed by atoms with Gasteiger partial charge in [0.05, 0.1) is 11.9 Å². The maximum atomic E-state index is 5.89. The first-order valence-corrected chi connectivity index (χ1v) is 4.92. The van der Waals surface area contributed by atoms with E-state index >= 15 is 0 Å². The molecule has 2 unspecified atom stereocenters. The average molecular weight is 192 g/mol. The second-order valence-corrected chi connectivity index (χ2v) is 3.79. The largest absolute Gasteiger partial charge is 0.397 e. The van der Waals surface area contributed by atoms with Gasteiger partial charge in [-0.25, -0.2) is 0 Å². The van der Waals surface area contributed by atoms with Gasteiger partial charge in [0.15, 0.2) is 0 Å². The van der Waals surface area contributed by atoms with Gasteiger partial charge in [-0.1, -0.05) is 6.92 Å². The molecule has 1 saturated heterocycles. The summed E-state index contributed by atoms with van der Waals surface area (Å²) < 4.78 is 0. The second-order valence-electron chi connectivity index (χ2n) is 3.79. The average Bonchev–Trinajstić information content (AvgIpc) is 2.20. The second kappa shape index (κ2) is 3.94. The fourth-order valence-electron chi connectivity index (χ4n) is 1.92. The zero-order valence-corrected chi connectivity index (χ0v) is 8.33. The van der Waals surface area contributed by atoms with Gasteiger partial charge in [-0.15, -0.1) is 0 Å². The van der Waals surface area contributed by atoms with Gasteiger partial charge in [-0.2, -0.15) is 0 Å². The Kier molecular flexibility index (Phi) is 2.65. The van der Waals surface area contributed by atoms with Crippen molar-refractivity contribution in [1.82, 2.24) is 15.6 Å². The molecule has 0 radical (unpaired) electrons. The summed E-state index contributed by atoms with van der Waals surface area (Å²) in [5.41, 5.74) is 7.83. The summed E-state index contributed by atoms with van der Waals surface area (Å²) in [6.45, 7) is 4.08. The number of aromatic nitrogens is 1. The van der Waals surface area contributed by atoms with Gasteiger partial charge >= 0.3 is 0 Å². The molecule has 4 heteroatoms. The van der Waals surface area contributed by atoms with Crippen LogP contribution in [0.3, 0.4) is 0 Å². The Morgan fingerprint density at radius 1 is 1.57 bits per heavy atom. The van der Waals surface area contributed by atoms with E-state index in [4.69, 9.17) is 5.73 Å². The zero-order chi connectivity index (χ0) is 9.97. The lowest BCUT2D eigenvalue weighted by Gasteiger charge is -2.31. The zero-order valence-electron chi connectivity index (χ0n) is 8.33. The van der Waals surface area contributed by atoms with E-state index in [0.29, 0.717) is 12.0 Å². The minimum Gasteiger partial charge on any atom is -0.397 e. The van der Waals surface area contributed by atoms with E-state index in [-0.39, 0.29) is 0 Å². The van der Waals surface area contributed by atoms with Crippen LogP contribution in [-0.2, 0) is 0 Å². The van der Waals surface area contributed by atoms with Gasteiger partial charge in [0.1, 0.15) is 0 Å². The van der Waals surface area contributed by atoms with Crippen LogP contribution in [0.25, 0.3) is 0 Å². The molecule has 1 aliphatic rings. The van der Waals surface area contributed by atoms with Crippen molar-refractivity contribution in [2.24, 2.45) is 5.92 Å². The molecule has 1 aromatic rings. The third-order valence-electron chi connectivity index (χ3n) is 2.70. The topological polar surface area (TPSA) is 63.0 Å². The Balaban J connectivity index is 2.25. The Bertz CT molecular complexity index is 313. The van der Waals surface area contributed by atoms with Gasteiger partial charge in [-0.3, -0.25) is 10.3 Å². The molecule has 1 fully saturated rings. The molecular formula is C10H16N4. The third-order valence-corrected chi connectivity index (χ3v) is 2.70. The van der Waals surface area contributed by atoms with Crippen molar-refractivity contribution < 1.29 is 0 Å². The molecule has 0 aromatic carbocycles. The van der Waals surface area contributed by atoms with Crippen LogP contribution in [0.2, 0.25) is 0 Å². The van der Waals surface area contributed by atoms with Crippen LogP contribution in [0.15, 0.2) is 18.5 Å². The van der Waals surface area contributed by atoms with Crippen molar-refractivity contribution >= 4 is 5.69 Å². The number of nitrogens with one attached hydrogen (secondary N) is 2. The number of nitrogens with two attached hydrogens (primary N) is 1. The molecule has 1 aliphatic heterocycles. The maximum Gasteiger partial charge on any atom is 0.0549 e. The van der Waals surface area contributed by atoms with Gasteiger partial charge in [-0.05, 0) is 17.5 Å². The van der Waals surface area contributed by atoms with E-state index in [9.17, 15) is 0 Å². The molecule has 2 rings (SSSR count). The Hall–Kier alpha value is -1.13. The molecule has 0 amide bonds. The number of nitrogens with zero attached hydrogens (tertiary/aromatic N) is 1. The summed E-state index contributed by atoms with van der Waals surface area (Å²) >= 11 is 0. The molecular weight excluding hydrogens is 176 g/mol. The van der Waals surface area contributed by atoms with E-state index in [2.05, 4.69) is 22.5 Å². The van der Waals surface area contributed by atoms with Crippen LogP contribution in [0.4, 0.5) is 5.69 Å². The molecule has 4 nitrogen and oxygen atoms in total. The lowest BCUT2D eigenvalue weighted by molar-refractivity contribution is 0.303. The first-order chi connectivity index (χ1) is 6.79. The summed E-state index contributed by atoms with van der Waals surface area (Å²) in [7, 11) is 0. The number of pyridine rings is 1. The fourth-order valence-corrected chi connectivity index (χ4v) is 1.92. The van der Waals surface area contributed by atoms with Crippen molar-refractivity contribution in [1.29, 1.82) is 0 Å². The van der Waals surface area contributed by atoms with E-state index in [1.54, 1.807) is 12.4 Å². The Morgan fingerprint density at radius 3 is 3.14 bits per heavy atom. The molecule has 0 saturated carbocycles. The van der Waals surface area contributed by atoms with Crippen molar-refractivity contribution in [2.75, 3.05) is 18.9 Å². The molecule has 14 heavy (non-hydrogen) atoms. The normalized spacial score (nSPS) is 27.5. The Labute approximate surface area is 83.9 Å². The minimum absolute atomic E-state index is 0.347. The molecule has 1 aromatic heterocycles. The highest BCUT2D eigenvalue weighted by Crippen LogP contribution is 2.26. The van der Waals surface area contributed by atoms with E-state index in [1.165, 1.54) is 0 Å². The fraction of sp³-hybridized carbons (Fsp3) is 0.500. The lowest BCUT2D eigenvalue weighted by atomic mass is 9.93. The number of rotatable bonds is 1. The highest BCUT2D eigenvalue weighted by Gasteiger charge is 2.23. The van der Waals surface area contributed by atoms with Gasteiger partial charge in [0.25, 0.3) is 0 Å². The monoisotopic (exact) mass is 192 g/mol. The number of nitrogen functional groups attached to an aromatic ring is 1. The predicted molar refractivity (Wildman–Crippen MR) is 56.6 cm³/mol. The highest BCUT2D eigenvalue weighted by atomic mass is 15.1. The van der Waals surface area contributed by atoms with Crippen molar-refractivity contribution in [2.45, 2.75) is 13.0 Å². The van der Waals surface area contributed by atoms with Crippen LogP contribution in [0, 0.1) is 5.92 Å². The summed E-state index contributed by atoms with van der Waals surface area (Å²) in [5.74, 6) is 0.549. The molecule has 4 N–H and O–H groups in total. The third kappa shape index (κ3) is 1.71. The number of hydrogen-bond acceptors (Lipinski definition) is 4.